The van der Waals surface area contributed by atoms with Gasteiger partial charge in [-0.1, -0.05) is 66.7 Å². The minimum Gasteiger partial charge on any atom is -0.465 e. The van der Waals surface area contributed by atoms with E-state index < -0.39 is 6.09 Å². The van der Waals surface area contributed by atoms with Crippen molar-refractivity contribution < 1.29 is 9.90 Å². The Morgan fingerprint density at radius 3 is 2.44 bits per heavy atom. The highest BCUT2D eigenvalue weighted by molar-refractivity contribution is 5.66. The van der Waals surface area contributed by atoms with Gasteiger partial charge < -0.3 is 15.8 Å². The molecule has 4 aromatic rings. The standard InChI is InChI=1S/C28H28N4O2/c29-23-14-8-19(9-15-23)17-24(20-5-2-1-3-6-20)21-10-12-22(13-11-21)25-18-30-27(31-25)26-7-4-16-32(26)28(33)34/h1-3,5-6,8-15,18,24,26H,4,7,16-17,29H2,(H,30,31)(H,33,34)/t24?,26-/m0/s1. The summed E-state index contributed by atoms with van der Waals surface area (Å²) in [5.41, 5.74) is 12.3. The number of nitrogen functional groups attached to an aromatic ring is 1. The van der Waals surface area contributed by atoms with Crippen LogP contribution in [0.25, 0.3) is 11.3 Å². The lowest BCUT2D eigenvalue weighted by molar-refractivity contribution is 0.139. The smallest absolute Gasteiger partial charge is 0.407 e. The fourth-order valence-corrected chi connectivity index (χ4v) is 4.83. The molecule has 4 N–H and O–H groups in total. The minimum absolute atomic E-state index is 0.201. The van der Waals surface area contributed by atoms with Gasteiger partial charge in [0.25, 0.3) is 0 Å². The summed E-state index contributed by atoms with van der Waals surface area (Å²) in [6.45, 7) is 0.555. The molecule has 172 valence electrons. The molecule has 34 heavy (non-hydrogen) atoms. The number of H-pyrrole nitrogens is 1. The zero-order chi connectivity index (χ0) is 23.5. The average Bonchev–Trinajstić information content (AvgIpc) is 3.54. The van der Waals surface area contributed by atoms with Gasteiger partial charge in [-0.15, -0.1) is 0 Å². The van der Waals surface area contributed by atoms with Crippen LogP contribution >= 0.6 is 0 Å². The molecule has 1 aliphatic heterocycles. The normalized spacial score (nSPS) is 16.5. The zero-order valence-electron chi connectivity index (χ0n) is 18.9. The number of hydrogen-bond donors (Lipinski definition) is 3. The van der Waals surface area contributed by atoms with Crippen LogP contribution < -0.4 is 5.73 Å². The predicted molar refractivity (Wildman–Crippen MR) is 134 cm³/mol. The first-order valence-electron chi connectivity index (χ1n) is 11.6. The molecule has 6 nitrogen and oxygen atoms in total. The first-order chi connectivity index (χ1) is 16.6. The van der Waals surface area contributed by atoms with Gasteiger partial charge in [0.15, 0.2) is 0 Å². The third-order valence-electron chi connectivity index (χ3n) is 6.66. The Bertz CT molecular complexity index is 1250. The number of anilines is 1. The second-order valence-electron chi connectivity index (χ2n) is 8.85. The van der Waals surface area contributed by atoms with E-state index in [-0.39, 0.29) is 12.0 Å². The molecule has 0 aliphatic carbocycles. The van der Waals surface area contributed by atoms with Crippen LogP contribution in [0.5, 0.6) is 0 Å². The van der Waals surface area contributed by atoms with E-state index >= 15 is 0 Å². The molecule has 0 bridgehead atoms. The predicted octanol–water partition coefficient (Wildman–Crippen LogP) is 5.85. The van der Waals surface area contributed by atoms with Crippen molar-refractivity contribution in [3.05, 3.63) is 108 Å². The van der Waals surface area contributed by atoms with E-state index in [4.69, 9.17) is 5.73 Å². The minimum atomic E-state index is -0.891. The SMILES string of the molecule is Nc1ccc(CC(c2ccccc2)c2ccc(-c3cnc([C@@H]4CCCN4C(=O)O)[nH]3)cc2)cc1. The lowest BCUT2D eigenvalue weighted by Gasteiger charge is -2.19. The van der Waals surface area contributed by atoms with Gasteiger partial charge in [0.1, 0.15) is 5.82 Å². The molecule has 6 heteroatoms. The molecule has 1 fully saturated rings. The van der Waals surface area contributed by atoms with Gasteiger partial charge in [0, 0.05) is 18.2 Å². The number of amides is 1. The summed E-state index contributed by atoms with van der Waals surface area (Å²) < 4.78 is 0. The largest absolute Gasteiger partial charge is 0.465 e. The van der Waals surface area contributed by atoms with Crippen molar-refractivity contribution in [1.82, 2.24) is 14.9 Å². The maximum atomic E-state index is 11.5. The van der Waals surface area contributed by atoms with Crippen molar-refractivity contribution in [3.63, 3.8) is 0 Å². The third-order valence-corrected chi connectivity index (χ3v) is 6.66. The van der Waals surface area contributed by atoms with E-state index in [0.717, 1.165) is 36.2 Å². The average molecular weight is 453 g/mol. The first-order valence-corrected chi connectivity index (χ1v) is 11.6. The van der Waals surface area contributed by atoms with Gasteiger partial charge >= 0.3 is 6.09 Å². The highest BCUT2D eigenvalue weighted by Crippen LogP contribution is 2.33. The summed E-state index contributed by atoms with van der Waals surface area (Å²) in [6.07, 6.45) is 3.44. The van der Waals surface area contributed by atoms with Crippen LogP contribution in [-0.2, 0) is 6.42 Å². The van der Waals surface area contributed by atoms with Gasteiger partial charge in [-0.3, -0.25) is 4.90 Å². The number of imidazole rings is 1. The third kappa shape index (κ3) is 4.53. The number of carboxylic acid groups (broad SMARTS) is 1. The zero-order valence-corrected chi connectivity index (χ0v) is 18.9. The number of benzene rings is 3. The number of hydrogen-bond acceptors (Lipinski definition) is 3. The van der Waals surface area contributed by atoms with Gasteiger partial charge in [0.05, 0.1) is 17.9 Å². The van der Waals surface area contributed by atoms with Gasteiger partial charge in [-0.05, 0) is 53.6 Å². The monoisotopic (exact) mass is 452 g/mol. The number of nitrogens with one attached hydrogen (secondary N) is 1. The summed E-state index contributed by atoms with van der Waals surface area (Å²) in [7, 11) is 0. The number of nitrogens with two attached hydrogens (primary N) is 1. The van der Waals surface area contributed by atoms with Crippen LogP contribution in [0, 0.1) is 0 Å². The molecular formula is C28H28N4O2. The number of likely N-dealkylation sites (tertiary alicyclic amines) is 1. The van der Waals surface area contributed by atoms with Crippen molar-refractivity contribution >= 4 is 11.8 Å². The Labute approximate surface area is 199 Å². The fourth-order valence-electron chi connectivity index (χ4n) is 4.83. The molecule has 0 saturated carbocycles. The highest BCUT2D eigenvalue weighted by Gasteiger charge is 2.31. The van der Waals surface area contributed by atoms with Gasteiger partial charge in [0.2, 0.25) is 0 Å². The quantitative estimate of drug-likeness (QED) is 0.320. The van der Waals surface area contributed by atoms with Crippen LogP contribution in [-0.4, -0.2) is 32.6 Å². The van der Waals surface area contributed by atoms with Crippen LogP contribution in [0.3, 0.4) is 0 Å². The van der Waals surface area contributed by atoms with E-state index in [0.29, 0.717) is 12.4 Å². The Hall–Kier alpha value is -4.06. The van der Waals surface area contributed by atoms with E-state index in [1.807, 2.05) is 18.2 Å². The maximum Gasteiger partial charge on any atom is 0.407 e. The first kappa shape index (κ1) is 21.8. The Morgan fingerprint density at radius 2 is 1.74 bits per heavy atom. The second kappa shape index (κ2) is 9.43. The Morgan fingerprint density at radius 1 is 1.03 bits per heavy atom. The maximum absolute atomic E-state index is 11.5. The van der Waals surface area contributed by atoms with E-state index in [1.165, 1.54) is 21.6 Å². The summed E-state index contributed by atoms with van der Waals surface area (Å²) in [5.74, 6) is 0.934. The molecule has 3 aromatic carbocycles. The topological polar surface area (TPSA) is 95.2 Å². The van der Waals surface area contributed by atoms with Crippen molar-refractivity contribution in [3.8, 4) is 11.3 Å². The Balaban J connectivity index is 1.40. The van der Waals surface area contributed by atoms with Crippen LogP contribution in [0.2, 0.25) is 0 Å². The summed E-state index contributed by atoms with van der Waals surface area (Å²) >= 11 is 0. The van der Waals surface area contributed by atoms with Gasteiger partial charge in [-0.25, -0.2) is 9.78 Å². The molecule has 1 amide bonds. The number of nitrogens with zero attached hydrogens (tertiary/aromatic N) is 2. The molecule has 1 saturated heterocycles. The van der Waals surface area contributed by atoms with E-state index in [9.17, 15) is 9.90 Å². The molecule has 0 spiro atoms. The van der Waals surface area contributed by atoms with Gasteiger partial charge in [-0.2, -0.15) is 0 Å². The van der Waals surface area contributed by atoms with E-state index in [2.05, 4.69) is 70.6 Å². The molecular weight excluding hydrogens is 424 g/mol. The highest BCUT2D eigenvalue weighted by atomic mass is 16.4. The molecule has 1 unspecified atom stereocenters. The molecule has 5 rings (SSSR count). The number of carbonyl (C=O) groups is 1. The molecule has 1 aromatic heterocycles. The molecule has 1 aliphatic rings. The number of rotatable bonds is 6. The van der Waals surface area contributed by atoms with Crippen molar-refractivity contribution in [2.45, 2.75) is 31.2 Å². The lowest BCUT2D eigenvalue weighted by Crippen LogP contribution is -2.29. The van der Waals surface area contributed by atoms with Crippen LogP contribution in [0.15, 0.2) is 85.1 Å². The molecule has 0 radical (unpaired) electrons. The number of aromatic amines is 1. The van der Waals surface area contributed by atoms with Crippen LogP contribution in [0.4, 0.5) is 10.5 Å². The van der Waals surface area contributed by atoms with Crippen LogP contribution in [0.1, 0.15) is 47.3 Å². The second-order valence-corrected chi connectivity index (χ2v) is 8.85. The molecule has 2 atom stereocenters. The van der Waals surface area contributed by atoms with E-state index in [1.54, 1.807) is 6.20 Å². The lowest BCUT2D eigenvalue weighted by atomic mass is 9.85. The molecule has 2 heterocycles. The summed E-state index contributed by atoms with van der Waals surface area (Å²) in [5, 5.41) is 9.44. The number of aromatic nitrogens is 2. The van der Waals surface area contributed by atoms with Crippen molar-refractivity contribution in [2.24, 2.45) is 0 Å². The summed E-state index contributed by atoms with van der Waals surface area (Å²) in [4.78, 5) is 20.8. The fraction of sp³-hybridized carbons (Fsp3) is 0.214. The Kier molecular flexibility index (Phi) is 6.04. The van der Waals surface area contributed by atoms with Crippen molar-refractivity contribution in [1.29, 1.82) is 0 Å². The van der Waals surface area contributed by atoms with Crippen molar-refractivity contribution in [2.75, 3.05) is 12.3 Å². The summed E-state index contributed by atoms with van der Waals surface area (Å²) in [6, 6.07) is 27.0.